The molecular weight excluding hydrogens is 282 g/mol. The van der Waals surface area contributed by atoms with E-state index in [1.165, 1.54) is 17.8 Å². The maximum Gasteiger partial charge on any atom is 0.261 e. The lowest BCUT2D eigenvalue weighted by Gasteiger charge is -1.96. The Labute approximate surface area is 126 Å². The minimum Gasteiger partial charge on any atom is -0.431 e. The number of para-hydroxylation sites is 2. The van der Waals surface area contributed by atoms with Crippen LogP contribution in [0, 0.1) is 6.92 Å². The Morgan fingerprint density at radius 3 is 2.86 bits per heavy atom. The van der Waals surface area contributed by atoms with E-state index in [2.05, 4.69) is 4.98 Å². The van der Waals surface area contributed by atoms with Gasteiger partial charge in [-0.1, -0.05) is 35.9 Å². The van der Waals surface area contributed by atoms with Gasteiger partial charge < -0.3 is 4.42 Å². The van der Waals surface area contributed by atoms with Gasteiger partial charge in [-0.25, -0.2) is 4.98 Å². The number of allylic oxidation sites excluding steroid dienone is 1. The molecule has 0 aliphatic carbocycles. The third kappa shape index (κ3) is 3.23. The van der Waals surface area contributed by atoms with Crippen molar-refractivity contribution in [2.24, 2.45) is 0 Å². The van der Waals surface area contributed by atoms with Crippen LogP contribution in [0.15, 0.2) is 69.7 Å². The minimum absolute atomic E-state index is 0.0256. The predicted octanol–water partition coefficient (Wildman–Crippen LogP) is 4.62. The summed E-state index contributed by atoms with van der Waals surface area (Å²) in [5, 5.41) is 2.24. The van der Waals surface area contributed by atoms with Crippen LogP contribution >= 0.6 is 11.8 Å². The summed E-state index contributed by atoms with van der Waals surface area (Å²) in [5.41, 5.74) is 3.32. The van der Waals surface area contributed by atoms with E-state index in [0.717, 1.165) is 16.7 Å². The second-order valence-corrected chi connectivity index (χ2v) is 5.46. The zero-order chi connectivity index (χ0) is 14.7. The van der Waals surface area contributed by atoms with Crippen LogP contribution in [-0.2, 0) is 0 Å². The van der Waals surface area contributed by atoms with Crippen LogP contribution in [0.5, 0.6) is 0 Å². The molecule has 0 aliphatic heterocycles. The number of aromatic nitrogens is 1. The summed E-state index contributed by atoms with van der Waals surface area (Å²) in [6, 6.07) is 15.1. The molecule has 1 aromatic heterocycles. The molecule has 0 N–H and O–H groups in total. The Morgan fingerprint density at radius 1 is 1.19 bits per heavy atom. The fraction of sp³-hybridized carbons (Fsp3) is 0.0588. The van der Waals surface area contributed by atoms with Crippen molar-refractivity contribution in [3.05, 3.63) is 71.1 Å². The summed E-state index contributed by atoms with van der Waals surface area (Å²) < 4.78 is 5.56. The Hall–Kier alpha value is -2.33. The molecule has 0 amide bonds. The number of ketones is 1. The van der Waals surface area contributed by atoms with Crippen LogP contribution < -0.4 is 0 Å². The van der Waals surface area contributed by atoms with Gasteiger partial charge in [0.1, 0.15) is 5.52 Å². The number of fused-ring (bicyclic) bond motifs is 1. The van der Waals surface area contributed by atoms with E-state index in [-0.39, 0.29) is 5.78 Å². The van der Waals surface area contributed by atoms with E-state index >= 15 is 0 Å². The number of thioether (sulfide) groups is 1. The van der Waals surface area contributed by atoms with Gasteiger partial charge in [0.15, 0.2) is 11.4 Å². The lowest BCUT2D eigenvalue weighted by atomic mass is 10.1. The summed E-state index contributed by atoms with van der Waals surface area (Å²) in [6.07, 6.45) is 1.54. The summed E-state index contributed by atoms with van der Waals surface area (Å²) in [5.74, 6) is -0.0256. The molecule has 3 aromatic rings. The quantitative estimate of drug-likeness (QED) is 0.400. The van der Waals surface area contributed by atoms with Crippen molar-refractivity contribution in [1.29, 1.82) is 0 Å². The minimum atomic E-state index is -0.0256. The van der Waals surface area contributed by atoms with E-state index < -0.39 is 0 Å². The highest BCUT2D eigenvalue weighted by Gasteiger charge is 2.05. The third-order valence-corrected chi connectivity index (χ3v) is 3.61. The monoisotopic (exact) mass is 295 g/mol. The molecule has 2 aromatic carbocycles. The van der Waals surface area contributed by atoms with Crippen molar-refractivity contribution < 1.29 is 9.21 Å². The largest absolute Gasteiger partial charge is 0.431 e. The second kappa shape index (κ2) is 5.97. The summed E-state index contributed by atoms with van der Waals surface area (Å²) in [7, 11) is 0. The molecule has 0 saturated heterocycles. The molecule has 3 rings (SSSR count). The molecule has 3 nitrogen and oxygen atoms in total. The first-order valence-corrected chi connectivity index (χ1v) is 7.40. The van der Waals surface area contributed by atoms with Crippen LogP contribution in [0.4, 0.5) is 0 Å². The smallest absolute Gasteiger partial charge is 0.261 e. The van der Waals surface area contributed by atoms with Gasteiger partial charge in [0.2, 0.25) is 0 Å². The third-order valence-electron chi connectivity index (χ3n) is 2.97. The number of rotatable bonds is 4. The molecule has 0 atom stereocenters. The standard InChI is InChI=1S/C17H13NO2S/c1-12-5-4-6-13(11-12)15(19)9-10-21-17-18-14-7-2-3-8-16(14)20-17/h2-11H,1H3/b10-9+. The van der Waals surface area contributed by atoms with Gasteiger partial charge in [0, 0.05) is 5.56 Å². The van der Waals surface area contributed by atoms with Gasteiger partial charge in [0.25, 0.3) is 5.22 Å². The molecule has 0 aliphatic rings. The topological polar surface area (TPSA) is 43.1 Å². The molecule has 0 radical (unpaired) electrons. The van der Waals surface area contributed by atoms with Gasteiger partial charge in [-0.05, 0) is 48.4 Å². The Balaban J connectivity index is 1.70. The van der Waals surface area contributed by atoms with Crippen molar-refractivity contribution in [1.82, 2.24) is 4.98 Å². The number of benzene rings is 2. The van der Waals surface area contributed by atoms with Crippen molar-refractivity contribution in [3.8, 4) is 0 Å². The molecule has 0 bridgehead atoms. The Morgan fingerprint density at radius 2 is 2.05 bits per heavy atom. The lowest BCUT2D eigenvalue weighted by Crippen LogP contribution is -1.93. The number of carbonyl (C=O) groups excluding carboxylic acids is 1. The molecule has 21 heavy (non-hydrogen) atoms. The first-order valence-electron chi connectivity index (χ1n) is 6.52. The molecule has 0 spiro atoms. The highest BCUT2D eigenvalue weighted by Crippen LogP contribution is 2.23. The average molecular weight is 295 g/mol. The fourth-order valence-electron chi connectivity index (χ4n) is 1.95. The number of oxazole rings is 1. The molecule has 104 valence electrons. The molecular formula is C17H13NO2S. The van der Waals surface area contributed by atoms with E-state index in [9.17, 15) is 4.79 Å². The van der Waals surface area contributed by atoms with Crippen LogP contribution in [-0.4, -0.2) is 10.8 Å². The van der Waals surface area contributed by atoms with Gasteiger partial charge in [-0.3, -0.25) is 4.79 Å². The zero-order valence-electron chi connectivity index (χ0n) is 11.4. The van der Waals surface area contributed by atoms with Gasteiger partial charge in [-0.2, -0.15) is 0 Å². The van der Waals surface area contributed by atoms with Crippen molar-refractivity contribution >= 4 is 28.6 Å². The first kappa shape index (κ1) is 13.6. The molecule has 0 unspecified atom stereocenters. The SMILES string of the molecule is Cc1cccc(C(=O)/C=C/Sc2nc3ccccc3o2)c1. The van der Waals surface area contributed by atoms with E-state index in [0.29, 0.717) is 10.8 Å². The average Bonchev–Trinajstić information content (AvgIpc) is 2.89. The van der Waals surface area contributed by atoms with Gasteiger partial charge >= 0.3 is 0 Å². The second-order valence-electron chi connectivity index (χ2n) is 4.60. The Kier molecular flexibility index (Phi) is 3.88. The van der Waals surface area contributed by atoms with E-state index in [1.54, 1.807) is 5.41 Å². The molecule has 0 saturated carbocycles. The molecule has 4 heteroatoms. The fourth-order valence-corrected chi connectivity index (χ4v) is 2.55. The maximum atomic E-state index is 12.0. The van der Waals surface area contributed by atoms with E-state index in [1.807, 2.05) is 55.5 Å². The van der Waals surface area contributed by atoms with Gasteiger partial charge in [0.05, 0.1) is 0 Å². The maximum absolute atomic E-state index is 12.0. The van der Waals surface area contributed by atoms with Crippen LogP contribution in [0.3, 0.4) is 0 Å². The van der Waals surface area contributed by atoms with E-state index in [4.69, 9.17) is 4.42 Å². The first-order chi connectivity index (χ1) is 10.2. The highest BCUT2D eigenvalue weighted by molar-refractivity contribution is 8.01. The molecule has 0 fully saturated rings. The highest BCUT2D eigenvalue weighted by atomic mass is 32.2. The van der Waals surface area contributed by atoms with Crippen molar-refractivity contribution in [2.75, 3.05) is 0 Å². The number of carbonyl (C=O) groups is 1. The zero-order valence-corrected chi connectivity index (χ0v) is 12.3. The molecule has 1 heterocycles. The lowest BCUT2D eigenvalue weighted by molar-refractivity contribution is 0.104. The Bertz CT molecular complexity index is 787. The van der Waals surface area contributed by atoms with Crippen molar-refractivity contribution in [2.45, 2.75) is 12.1 Å². The number of hydrogen-bond acceptors (Lipinski definition) is 4. The van der Waals surface area contributed by atoms with Crippen molar-refractivity contribution in [3.63, 3.8) is 0 Å². The van der Waals surface area contributed by atoms with Crippen LogP contribution in [0.1, 0.15) is 15.9 Å². The summed E-state index contributed by atoms with van der Waals surface area (Å²) in [4.78, 5) is 16.3. The summed E-state index contributed by atoms with van der Waals surface area (Å²) >= 11 is 1.29. The summed E-state index contributed by atoms with van der Waals surface area (Å²) in [6.45, 7) is 1.97. The predicted molar refractivity (Wildman–Crippen MR) is 84.5 cm³/mol. The number of hydrogen-bond donors (Lipinski definition) is 0. The normalized spacial score (nSPS) is 11.3. The number of nitrogens with zero attached hydrogens (tertiary/aromatic N) is 1. The van der Waals surface area contributed by atoms with Gasteiger partial charge in [-0.15, -0.1) is 0 Å². The van der Waals surface area contributed by atoms with Crippen LogP contribution in [0.25, 0.3) is 11.1 Å². The van der Waals surface area contributed by atoms with Crippen LogP contribution in [0.2, 0.25) is 0 Å². The number of aryl methyl sites for hydroxylation is 1.